The summed E-state index contributed by atoms with van der Waals surface area (Å²) in [6.07, 6.45) is 0.679. The summed E-state index contributed by atoms with van der Waals surface area (Å²) >= 11 is 0. The Labute approximate surface area is 166 Å². The summed E-state index contributed by atoms with van der Waals surface area (Å²) < 4.78 is 16.4. The second-order valence-electron chi connectivity index (χ2n) is 6.90. The Balaban J connectivity index is 1.76. The molecule has 0 saturated carbocycles. The Kier molecular flexibility index (Phi) is 8.53. The Hall–Kier alpha value is -2.82. The van der Waals surface area contributed by atoms with E-state index in [9.17, 15) is 9.59 Å². The second kappa shape index (κ2) is 11.1. The van der Waals surface area contributed by atoms with Gasteiger partial charge in [-0.3, -0.25) is 9.59 Å². The van der Waals surface area contributed by atoms with E-state index in [2.05, 4.69) is 0 Å². The van der Waals surface area contributed by atoms with Crippen LogP contribution in [0.4, 0.5) is 0 Å². The van der Waals surface area contributed by atoms with Gasteiger partial charge >= 0.3 is 11.9 Å². The largest absolute Gasteiger partial charge is 0.462 e. The van der Waals surface area contributed by atoms with Crippen LogP contribution in [-0.2, 0) is 25.7 Å². The number of carbonyl (C=O) groups excluding carboxylic acids is 2. The smallest absolute Gasteiger partial charge is 0.306 e. The van der Waals surface area contributed by atoms with E-state index in [1.54, 1.807) is 0 Å². The zero-order valence-corrected chi connectivity index (χ0v) is 16.7. The van der Waals surface area contributed by atoms with Crippen molar-refractivity contribution in [1.82, 2.24) is 0 Å². The molecule has 0 aliphatic heterocycles. The van der Waals surface area contributed by atoms with Crippen molar-refractivity contribution in [1.29, 1.82) is 0 Å². The van der Waals surface area contributed by atoms with E-state index < -0.39 is 5.97 Å². The molecule has 0 N–H and O–H groups in total. The van der Waals surface area contributed by atoms with Gasteiger partial charge in [-0.05, 0) is 42.2 Å². The van der Waals surface area contributed by atoms with Gasteiger partial charge in [0.2, 0.25) is 0 Å². The van der Waals surface area contributed by atoms with Crippen LogP contribution in [0.5, 0.6) is 11.5 Å². The van der Waals surface area contributed by atoms with Crippen molar-refractivity contribution in [3.05, 3.63) is 60.2 Å². The van der Waals surface area contributed by atoms with Crippen LogP contribution in [0.2, 0.25) is 0 Å². The van der Waals surface area contributed by atoms with Gasteiger partial charge in [0, 0.05) is 0 Å². The van der Waals surface area contributed by atoms with Gasteiger partial charge in [0.05, 0.1) is 12.8 Å². The predicted octanol–water partition coefficient (Wildman–Crippen LogP) is 5.28. The summed E-state index contributed by atoms with van der Waals surface area (Å²) in [4.78, 5) is 23.8. The molecule has 0 fully saturated rings. The van der Waals surface area contributed by atoms with Crippen molar-refractivity contribution in [2.75, 3.05) is 0 Å². The molecule has 150 valence electrons. The van der Waals surface area contributed by atoms with Crippen molar-refractivity contribution in [3.63, 3.8) is 0 Å². The fraction of sp³-hybridized carbons (Fsp3) is 0.391. The van der Waals surface area contributed by atoms with E-state index in [0.717, 1.165) is 17.7 Å². The van der Waals surface area contributed by atoms with Gasteiger partial charge in [0.15, 0.2) is 0 Å². The van der Waals surface area contributed by atoms with Crippen LogP contribution in [0.3, 0.4) is 0 Å². The zero-order chi connectivity index (χ0) is 20.4. The Morgan fingerprint density at radius 3 is 2.25 bits per heavy atom. The van der Waals surface area contributed by atoms with Crippen LogP contribution in [-0.4, -0.2) is 18.0 Å². The van der Waals surface area contributed by atoms with Crippen molar-refractivity contribution < 1.29 is 23.8 Å². The lowest BCUT2D eigenvalue weighted by Crippen LogP contribution is -2.23. The molecule has 0 spiro atoms. The van der Waals surface area contributed by atoms with Crippen molar-refractivity contribution in [2.24, 2.45) is 5.92 Å². The molecule has 2 rings (SSSR count). The van der Waals surface area contributed by atoms with Crippen molar-refractivity contribution in [2.45, 2.75) is 52.7 Å². The number of ether oxygens (including phenoxy) is 3. The maximum Gasteiger partial charge on any atom is 0.306 e. The molecule has 5 heteroatoms. The highest BCUT2D eigenvalue weighted by Crippen LogP contribution is 2.22. The van der Waals surface area contributed by atoms with E-state index in [4.69, 9.17) is 14.2 Å². The standard InChI is InChI=1S/C23H28O5/c1-4-21(17(2)3)28-23(25)14-13-22(24)26-16-18-9-8-12-20(15-18)27-19-10-6-5-7-11-19/h5-12,15,17,21H,4,13-14,16H2,1-3H3. The van der Waals surface area contributed by atoms with Crippen LogP contribution >= 0.6 is 0 Å². The van der Waals surface area contributed by atoms with Crippen molar-refractivity contribution in [3.8, 4) is 11.5 Å². The number of para-hydroxylation sites is 1. The van der Waals surface area contributed by atoms with E-state index in [-0.39, 0.29) is 37.4 Å². The Bertz CT molecular complexity index is 755. The minimum absolute atomic E-state index is 0.00751. The molecule has 28 heavy (non-hydrogen) atoms. The first kappa shape index (κ1) is 21.5. The molecule has 0 heterocycles. The molecule has 0 aromatic heterocycles. The third-order valence-corrected chi connectivity index (χ3v) is 4.24. The van der Waals surface area contributed by atoms with Crippen LogP contribution in [0, 0.1) is 5.92 Å². The lowest BCUT2D eigenvalue weighted by Gasteiger charge is -2.19. The average Bonchev–Trinajstić information content (AvgIpc) is 2.69. The average molecular weight is 384 g/mol. The van der Waals surface area contributed by atoms with E-state index in [1.807, 2.05) is 75.4 Å². The summed E-state index contributed by atoms with van der Waals surface area (Å²) in [6, 6.07) is 16.8. The maximum absolute atomic E-state index is 11.9. The quantitative estimate of drug-likeness (QED) is 0.522. The zero-order valence-electron chi connectivity index (χ0n) is 16.7. The van der Waals surface area contributed by atoms with Crippen LogP contribution in [0.15, 0.2) is 54.6 Å². The number of hydrogen-bond acceptors (Lipinski definition) is 5. The van der Waals surface area contributed by atoms with Gasteiger partial charge in [-0.2, -0.15) is 0 Å². The molecule has 2 aromatic rings. The molecule has 0 aliphatic carbocycles. The van der Waals surface area contributed by atoms with E-state index >= 15 is 0 Å². The SMILES string of the molecule is CCC(OC(=O)CCC(=O)OCc1cccc(Oc2ccccc2)c1)C(C)C. The second-order valence-corrected chi connectivity index (χ2v) is 6.90. The number of rotatable bonds is 10. The molecule has 5 nitrogen and oxygen atoms in total. The molecule has 0 aliphatic rings. The van der Waals surface area contributed by atoms with E-state index in [0.29, 0.717) is 5.75 Å². The normalized spacial score (nSPS) is 11.7. The molecule has 0 amide bonds. The summed E-state index contributed by atoms with van der Waals surface area (Å²) in [5, 5.41) is 0. The topological polar surface area (TPSA) is 61.8 Å². The molecule has 0 radical (unpaired) electrons. The highest BCUT2D eigenvalue weighted by atomic mass is 16.5. The van der Waals surface area contributed by atoms with Gasteiger partial charge in [-0.1, -0.05) is 51.1 Å². The highest BCUT2D eigenvalue weighted by Gasteiger charge is 2.17. The minimum Gasteiger partial charge on any atom is -0.462 e. The third kappa shape index (κ3) is 7.43. The summed E-state index contributed by atoms with van der Waals surface area (Å²) in [6.45, 7) is 6.11. The minimum atomic E-state index is -0.427. The first-order valence-corrected chi connectivity index (χ1v) is 9.65. The first-order valence-electron chi connectivity index (χ1n) is 9.65. The van der Waals surface area contributed by atoms with Gasteiger partial charge in [0.25, 0.3) is 0 Å². The highest BCUT2D eigenvalue weighted by molar-refractivity contribution is 5.77. The first-order chi connectivity index (χ1) is 13.5. The van der Waals surface area contributed by atoms with Crippen molar-refractivity contribution >= 4 is 11.9 Å². The Morgan fingerprint density at radius 2 is 1.57 bits per heavy atom. The number of hydrogen-bond donors (Lipinski definition) is 0. The van der Waals surface area contributed by atoms with Gasteiger partial charge in [-0.25, -0.2) is 0 Å². The lowest BCUT2D eigenvalue weighted by molar-refractivity contribution is -0.155. The maximum atomic E-state index is 11.9. The number of esters is 2. The summed E-state index contributed by atoms with van der Waals surface area (Å²) in [5.74, 6) is 0.871. The van der Waals surface area contributed by atoms with Crippen LogP contribution in [0.1, 0.15) is 45.6 Å². The molecule has 1 atom stereocenters. The Morgan fingerprint density at radius 1 is 0.893 bits per heavy atom. The van der Waals surface area contributed by atoms with Gasteiger partial charge in [-0.15, -0.1) is 0 Å². The molecule has 2 aromatic carbocycles. The molecule has 1 unspecified atom stereocenters. The van der Waals surface area contributed by atoms with Crippen LogP contribution in [0.25, 0.3) is 0 Å². The van der Waals surface area contributed by atoms with E-state index in [1.165, 1.54) is 0 Å². The summed E-state index contributed by atoms with van der Waals surface area (Å²) in [7, 11) is 0. The third-order valence-electron chi connectivity index (χ3n) is 4.24. The van der Waals surface area contributed by atoms with Gasteiger partial charge < -0.3 is 14.2 Å². The summed E-state index contributed by atoms with van der Waals surface area (Å²) in [5.41, 5.74) is 0.815. The molecular formula is C23H28O5. The molecule has 0 bridgehead atoms. The van der Waals surface area contributed by atoms with Gasteiger partial charge in [0.1, 0.15) is 24.2 Å². The molecule has 0 saturated heterocycles. The predicted molar refractivity (Wildman–Crippen MR) is 107 cm³/mol. The monoisotopic (exact) mass is 384 g/mol. The lowest BCUT2D eigenvalue weighted by atomic mass is 10.1. The number of benzene rings is 2. The fourth-order valence-electron chi connectivity index (χ4n) is 2.68. The number of carbonyl (C=O) groups is 2. The van der Waals surface area contributed by atoms with Crippen LogP contribution < -0.4 is 4.74 Å². The fourth-order valence-corrected chi connectivity index (χ4v) is 2.68. The molecular weight excluding hydrogens is 356 g/mol.